The normalized spacial score (nSPS) is 18.6. The van der Waals surface area contributed by atoms with Crippen molar-refractivity contribution in [1.29, 1.82) is 0 Å². The van der Waals surface area contributed by atoms with E-state index in [1.807, 2.05) is 26.0 Å². The van der Waals surface area contributed by atoms with Crippen LogP contribution in [0.4, 0.5) is 43.9 Å². The summed E-state index contributed by atoms with van der Waals surface area (Å²) >= 11 is 18.0. The van der Waals surface area contributed by atoms with Gasteiger partial charge in [0, 0.05) is 80.3 Å². The van der Waals surface area contributed by atoms with Gasteiger partial charge in [-0.25, -0.2) is 49.2 Å². The predicted octanol–water partition coefficient (Wildman–Crippen LogP) is 15.7. The van der Waals surface area contributed by atoms with E-state index >= 15 is 0 Å². The molecule has 10 heterocycles. The summed E-state index contributed by atoms with van der Waals surface area (Å²) in [5, 5.41) is -0.731. The smallest absolute Gasteiger partial charge is 0.417 e. The molecular weight excluding hydrogens is 1400 g/mol. The van der Waals surface area contributed by atoms with Crippen molar-refractivity contribution in [3.8, 4) is 51.8 Å². The summed E-state index contributed by atoms with van der Waals surface area (Å²) in [5.74, 6) is -0.659. The molecule has 3 fully saturated rings. The Hall–Kier alpha value is -9.74. The molecule has 0 saturated carbocycles. The average molecular weight is 1460 g/mol. The van der Waals surface area contributed by atoms with E-state index in [1.54, 1.807) is 108 Å². The third-order valence-corrected chi connectivity index (χ3v) is 17.7. The van der Waals surface area contributed by atoms with Gasteiger partial charge in [0.1, 0.15) is 39.1 Å². The van der Waals surface area contributed by atoms with E-state index in [4.69, 9.17) is 49.0 Å². The van der Waals surface area contributed by atoms with Crippen LogP contribution in [-0.2, 0) is 18.5 Å². The van der Waals surface area contributed by atoms with Crippen LogP contribution >= 0.6 is 34.8 Å². The lowest BCUT2D eigenvalue weighted by molar-refractivity contribution is -0.138. The van der Waals surface area contributed by atoms with Crippen LogP contribution in [0.1, 0.15) is 113 Å². The predicted molar refractivity (Wildman–Crippen MR) is 350 cm³/mol. The van der Waals surface area contributed by atoms with Gasteiger partial charge in [-0.15, -0.1) is 0 Å². The molecule has 0 spiro atoms. The number of hydrogen-bond donors (Lipinski definition) is 0. The minimum absolute atomic E-state index is 0.0882. The van der Waals surface area contributed by atoms with Gasteiger partial charge in [0.2, 0.25) is 17.6 Å². The molecule has 3 aliphatic rings. The highest BCUT2D eigenvalue weighted by Gasteiger charge is 2.40. The first-order valence-electron chi connectivity index (χ1n) is 31.3. The number of carbonyl (C=O) groups excluding carboxylic acids is 3. The van der Waals surface area contributed by atoms with Crippen LogP contribution in [0.15, 0.2) is 147 Å². The van der Waals surface area contributed by atoms with Gasteiger partial charge in [0.15, 0.2) is 23.3 Å². The quantitative estimate of drug-likeness (QED) is 0.104. The number of carbonyl (C=O) groups is 3. The number of aryl methyl sites for hydroxylation is 1. The highest BCUT2D eigenvalue weighted by Crippen LogP contribution is 2.39. The number of nitrogens with zero attached hydrogens (tertiary/aromatic N) is 13. The van der Waals surface area contributed by atoms with Crippen molar-refractivity contribution < 1.29 is 72.5 Å². The first-order valence-corrected chi connectivity index (χ1v) is 32.5. The van der Waals surface area contributed by atoms with E-state index in [1.165, 1.54) is 6.20 Å². The number of halogens is 13. The molecule has 528 valence electrons. The van der Waals surface area contributed by atoms with Crippen molar-refractivity contribution in [1.82, 2.24) is 64.5 Å². The van der Waals surface area contributed by atoms with Gasteiger partial charge >= 0.3 is 18.5 Å². The van der Waals surface area contributed by atoms with Crippen LogP contribution in [0.25, 0.3) is 34.2 Å². The molecule has 0 N–H and O–H groups in total. The molecule has 12 rings (SSSR count). The summed E-state index contributed by atoms with van der Waals surface area (Å²) in [4.78, 5) is 86.0. The first-order chi connectivity index (χ1) is 48.1. The third-order valence-electron chi connectivity index (χ3n) is 16.9. The Bertz CT molecular complexity index is 4400. The second-order valence-electron chi connectivity index (χ2n) is 23.5. The zero-order chi connectivity index (χ0) is 72.5. The Morgan fingerprint density at radius 2 is 0.812 bits per heavy atom. The lowest BCUT2D eigenvalue weighted by atomic mass is 9.95. The maximum absolute atomic E-state index is 13.6. The largest absolute Gasteiger partial charge is 0.471 e. The number of rotatable bonds is 12. The Morgan fingerprint density at radius 3 is 1.25 bits per heavy atom. The maximum atomic E-state index is 13.6. The highest BCUT2D eigenvalue weighted by molar-refractivity contribution is 6.32. The minimum Gasteiger partial charge on any atom is -0.471 e. The van der Waals surface area contributed by atoms with Gasteiger partial charge in [0.25, 0.3) is 17.7 Å². The fourth-order valence-corrected chi connectivity index (χ4v) is 12.2. The summed E-state index contributed by atoms with van der Waals surface area (Å²) in [6, 6.07) is 20.1. The monoisotopic (exact) mass is 1460 g/mol. The van der Waals surface area contributed by atoms with Crippen molar-refractivity contribution in [2.24, 2.45) is 0 Å². The molecule has 19 nitrogen and oxygen atoms in total. The zero-order valence-electron chi connectivity index (χ0n) is 53.9. The molecule has 2 aromatic carbocycles. The molecule has 0 bridgehead atoms. The first kappa shape index (κ1) is 74.0. The van der Waals surface area contributed by atoms with E-state index in [0.29, 0.717) is 116 Å². The van der Waals surface area contributed by atoms with E-state index in [0.717, 1.165) is 36.2 Å². The van der Waals surface area contributed by atoms with Gasteiger partial charge in [-0.1, -0.05) is 65.1 Å². The molecule has 9 aromatic rings. The number of alkyl halides is 9. The Labute approximate surface area is 586 Å². The van der Waals surface area contributed by atoms with Crippen LogP contribution < -0.4 is 14.2 Å². The molecule has 3 saturated heterocycles. The number of piperidine rings is 3. The summed E-state index contributed by atoms with van der Waals surface area (Å²) in [6.07, 6.45) is 0.443. The highest BCUT2D eigenvalue weighted by atomic mass is 35.5. The molecule has 7 aromatic heterocycles. The number of pyridine rings is 4. The van der Waals surface area contributed by atoms with Crippen LogP contribution in [0, 0.1) is 12.7 Å². The standard InChI is InChI=1S/C24H22ClF3N4O2.C23H19ClF4N4O2.C22H19ClF3N5O2/c1-14-6-3-7-17(20(14)21-29-9-5-10-30-21)23(33)32-11-4-8-19(15(32)2)34-22-18(25)12-16(13-31-22)24(26,27)28;1-13-19(34-21-18(24)9-14(10-31-21)23(26,27)28)7-4-8-32(13)22(33)17-6-3-2-5-16(17)20-29-11-15(25)12-30-20;1-13-17(33-20-16(23)11-14(12-30-20)22(24,25)26)6-3-10-31(13)21(32)18-15(5-2-7-27-18)19-28-8-4-9-29-19/h3,5-7,9-10,12-13,15,19H,4,8,11H2,1-2H3;2-3,5-6,9-13,19H,4,7-8H2,1H3;2,4-5,7-9,11-13,17H,3,6,10H2,1H3/t15-,19+;13-,19+;13-,17+/m000/s1. The number of amides is 3. The van der Waals surface area contributed by atoms with Crippen molar-refractivity contribution in [2.75, 3.05) is 19.6 Å². The van der Waals surface area contributed by atoms with E-state index in [-0.39, 0.29) is 68.0 Å². The summed E-state index contributed by atoms with van der Waals surface area (Å²) in [5.41, 5.74) is 0.635. The molecular formula is C69H60Cl3F10N13O6. The number of likely N-dealkylation sites (tertiary alicyclic amines) is 3. The number of ether oxygens (including phenoxy) is 3. The molecule has 3 amide bonds. The van der Waals surface area contributed by atoms with Crippen molar-refractivity contribution in [3.05, 3.63) is 207 Å². The average Bonchev–Trinajstić information content (AvgIpc) is 0.799. The van der Waals surface area contributed by atoms with Crippen LogP contribution in [-0.4, -0.2) is 138 Å². The lowest BCUT2D eigenvalue weighted by Crippen LogP contribution is -2.51. The van der Waals surface area contributed by atoms with Crippen LogP contribution in [0.5, 0.6) is 17.6 Å². The summed E-state index contributed by atoms with van der Waals surface area (Å²) in [6.45, 7) is 8.77. The fourth-order valence-electron chi connectivity index (χ4n) is 11.6. The summed E-state index contributed by atoms with van der Waals surface area (Å²) < 4.78 is 147. The van der Waals surface area contributed by atoms with Crippen molar-refractivity contribution >= 4 is 52.5 Å². The number of aromatic nitrogens is 10. The molecule has 0 aliphatic carbocycles. The molecule has 101 heavy (non-hydrogen) atoms. The van der Waals surface area contributed by atoms with Crippen LogP contribution in [0.3, 0.4) is 0 Å². The van der Waals surface area contributed by atoms with Crippen LogP contribution in [0.2, 0.25) is 15.1 Å². The Morgan fingerprint density at radius 1 is 0.436 bits per heavy atom. The molecule has 32 heteroatoms. The second-order valence-corrected chi connectivity index (χ2v) is 24.7. The van der Waals surface area contributed by atoms with Gasteiger partial charge in [0.05, 0.1) is 63.9 Å². The zero-order valence-corrected chi connectivity index (χ0v) is 56.1. The molecule has 6 atom stereocenters. The van der Waals surface area contributed by atoms with E-state index < -0.39 is 71.4 Å². The number of hydrogen-bond acceptors (Lipinski definition) is 16. The lowest BCUT2D eigenvalue weighted by Gasteiger charge is -2.39. The fraction of sp³-hybridized carbons (Fsp3) is 0.319. The molecule has 0 radical (unpaired) electrons. The Balaban J connectivity index is 0.000000163. The van der Waals surface area contributed by atoms with Crippen molar-refractivity contribution in [3.63, 3.8) is 0 Å². The third kappa shape index (κ3) is 17.7. The topological polar surface area (TPSA) is 218 Å². The SMILES string of the molecule is C[C@H]1[C@H](Oc2ncc(C(F)(F)F)cc2Cl)CCCN1C(=O)c1ccccc1-c1ncc(F)cn1.C[C@H]1[C@H](Oc2ncc(C(F)(F)F)cc2Cl)CCCN1C(=O)c1ncccc1-c1ncccn1.Cc1cccc(C(=O)N2CCC[C@@H](Oc3ncc(C(F)(F)F)cc3Cl)[C@@H]2C)c1-c1ncccn1. The maximum Gasteiger partial charge on any atom is 0.417 e. The minimum atomic E-state index is -4.57. The van der Waals surface area contributed by atoms with Gasteiger partial charge in [-0.2, -0.15) is 39.5 Å². The van der Waals surface area contributed by atoms with E-state index in [9.17, 15) is 58.3 Å². The van der Waals surface area contributed by atoms with Crippen molar-refractivity contribution in [2.45, 2.75) is 121 Å². The van der Waals surface area contributed by atoms with Gasteiger partial charge in [-0.05, 0) is 126 Å². The Kier molecular flexibility index (Phi) is 23.3. The van der Waals surface area contributed by atoms with E-state index in [2.05, 4.69) is 49.8 Å². The molecule has 3 aliphatic heterocycles. The number of benzene rings is 2. The van der Waals surface area contributed by atoms with Gasteiger partial charge < -0.3 is 28.9 Å². The molecule has 0 unspecified atom stereocenters. The second kappa shape index (κ2) is 31.9. The summed E-state index contributed by atoms with van der Waals surface area (Å²) in [7, 11) is 0. The van der Waals surface area contributed by atoms with Gasteiger partial charge in [-0.3, -0.25) is 19.4 Å².